The van der Waals surface area contributed by atoms with Crippen LogP contribution >= 0.6 is 23.2 Å². The molecule has 0 aliphatic rings. The number of hydrogen-bond acceptors (Lipinski definition) is 3. The van der Waals surface area contributed by atoms with Gasteiger partial charge in [0, 0.05) is 11.3 Å². The zero-order valence-electron chi connectivity index (χ0n) is 16.3. The molecule has 0 saturated carbocycles. The summed E-state index contributed by atoms with van der Waals surface area (Å²) < 4.78 is 1.76. The van der Waals surface area contributed by atoms with Crippen molar-refractivity contribution < 1.29 is 9.59 Å². The first kappa shape index (κ1) is 20.9. The first-order valence-electron chi connectivity index (χ1n) is 9.54. The Bertz CT molecular complexity index is 1260. The van der Waals surface area contributed by atoms with Gasteiger partial charge in [0.05, 0.1) is 27.6 Å². The number of para-hydroxylation sites is 3. The number of aromatic nitrogens is 2. The van der Waals surface area contributed by atoms with Crippen molar-refractivity contribution >= 4 is 51.7 Å². The second-order valence-corrected chi connectivity index (χ2v) is 7.59. The summed E-state index contributed by atoms with van der Waals surface area (Å²) in [5.74, 6) is -0.114. The van der Waals surface area contributed by atoms with Crippen LogP contribution in [0.1, 0.15) is 0 Å². The normalized spacial score (nSPS) is 10.8. The first-order chi connectivity index (χ1) is 15.0. The van der Waals surface area contributed by atoms with E-state index in [1.807, 2.05) is 42.5 Å². The number of rotatable bonds is 6. The van der Waals surface area contributed by atoms with E-state index < -0.39 is 0 Å². The molecule has 2 N–H and O–H groups in total. The Morgan fingerprint density at radius 3 is 2.42 bits per heavy atom. The Labute approximate surface area is 188 Å². The molecular weight excluding hydrogens is 435 g/mol. The van der Waals surface area contributed by atoms with Crippen LogP contribution in [0.3, 0.4) is 0 Å². The van der Waals surface area contributed by atoms with E-state index in [1.165, 1.54) is 0 Å². The van der Waals surface area contributed by atoms with Crippen molar-refractivity contribution in [2.75, 3.05) is 11.9 Å². The average molecular weight is 453 g/mol. The number of benzene rings is 3. The lowest BCUT2D eigenvalue weighted by Crippen LogP contribution is -2.35. The minimum atomic E-state index is -0.328. The summed E-state index contributed by atoms with van der Waals surface area (Å²) in [4.78, 5) is 29.4. The van der Waals surface area contributed by atoms with Crippen LogP contribution in [-0.4, -0.2) is 27.9 Å². The average Bonchev–Trinajstić information content (AvgIpc) is 3.13. The first-order valence-corrected chi connectivity index (χ1v) is 10.3. The van der Waals surface area contributed by atoms with Crippen molar-refractivity contribution in [1.29, 1.82) is 0 Å². The lowest BCUT2D eigenvalue weighted by Gasteiger charge is -2.12. The fourth-order valence-corrected chi connectivity index (χ4v) is 3.61. The number of anilines is 1. The number of carbonyl (C=O) groups excluding carboxylic acids is 2. The largest absolute Gasteiger partial charge is 0.345 e. The molecule has 0 aliphatic heterocycles. The van der Waals surface area contributed by atoms with E-state index in [-0.39, 0.29) is 24.9 Å². The van der Waals surface area contributed by atoms with Crippen LogP contribution in [0.15, 0.2) is 72.8 Å². The molecule has 0 radical (unpaired) electrons. The lowest BCUT2D eigenvalue weighted by molar-refractivity contribution is -0.124. The van der Waals surface area contributed by atoms with E-state index in [0.29, 0.717) is 27.1 Å². The molecule has 31 heavy (non-hydrogen) atoms. The number of halogens is 2. The zero-order chi connectivity index (χ0) is 21.8. The molecule has 4 rings (SSSR count). The van der Waals surface area contributed by atoms with Gasteiger partial charge < -0.3 is 15.2 Å². The predicted octanol–water partition coefficient (Wildman–Crippen LogP) is 4.77. The highest BCUT2D eigenvalue weighted by Crippen LogP contribution is 2.34. The van der Waals surface area contributed by atoms with E-state index in [4.69, 9.17) is 23.2 Å². The number of amides is 2. The molecular formula is C23H18Cl2N4O2. The van der Waals surface area contributed by atoms with Gasteiger partial charge in [-0.05, 0) is 36.4 Å². The van der Waals surface area contributed by atoms with Gasteiger partial charge in [-0.1, -0.05) is 59.6 Å². The quantitative estimate of drug-likeness (QED) is 0.442. The second-order valence-electron chi connectivity index (χ2n) is 6.80. The van der Waals surface area contributed by atoms with Crippen LogP contribution in [0, 0.1) is 0 Å². The molecule has 0 spiro atoms. The number of hydrogen-bond donors (Lipinski definition) is 2. The Morgan fingerprint density at radius 1 is 0.871 bits per heavy atom. The molecule has 8 heteroatoms. The Hall–Kier alpha value is -3.35. The summed E-state index contributed by atoms with van der Waals surface area (Å²) in [5, 5.41) is 6.15. The standard InChI is InChI=1S/C23H18Cl2N4O2/c24-17-10-6-9-16(22(17)25)23-28-18-11-4-5-12-19(18)29(23)14-21(31)26-13-20(30)27-15-7-2-1-3-8-15/h1-12H,13-14H2,(H,26,31)(H,27,30). The van der Waals surface area contributed by atoms with Gasteiger partial charge >= 0.3 is 0 Å². The fourth-order valence-electron chi connectivity index (χ4n) is 3.22. The number of nitrogens with one attached hydrogen (secondary N) is 2. The predicted molar refractivity (Wildman–Crippen MR) is 123 cm³/mol. The molecule has 0 fully saturated rings. The van der Waals surface area contributed by atoms with Gasteiger partial charge in [0.25, 0.3) is 0 Å². The third-order valence-corrected chi connectivity index (χ3v) is 5.47. The highest BCUT2D eigenvalue weighted by atomic mass is 35.5. The minimum absolute atomic E-state index is 0.0305. The van der Waals surface area contributed by atoms with Crippen molar-refractivity contribution in [3.05, 3.63) is 82.8 Å². The monoisotopic (exact) mass is 452 g/mol. The Balaban J connectivity index is 1.54. The van der Waals surface area contributed by atoms with Gasteiger partial charge in [-0.3, -0.25) is 9.59 Å². The van der Waals surface area contributed by atoms with E-state index >= 15 is 0 Å². The Kier molecular flexibility index (Phi) is 6.21. The van der Waals surface area contributed by atoms with E-state index in [1.54, 1.807) is 34.9 Å². The SMILES string of the molecule is O=C(Cn1c(-c2cccc(Cl)c2Cl)nc2ccccc21)NCC(=O)Nc1ccccc1. The third kappa shape index (κ3) is 4.71. The van der Waals surface area contributed by atoms with Crippen LogP contribution in [0.25, 0.3) is 22.4 Å². The molecule has 156 valence electrons. The van der Waals surface area contributed by atoms with Crippen LogP contribution in [0.5, 0.6) is 0 Å². The van der Waals surface area contributed by atoms with Crippen molar-refractivity contribution in [3.8, 4) is 11.4 Å². The van der Waals surface area contributed by atoms with Crippen molar-refractivity contribution in [2.45, 2.75) is 6.54 Å². The molecule has 0 bridgehead atoms. The molecule has 2 amide bonds. The Morgan fingerprint density at radius 2 is 1.61 bits per heavy atom. The van der Waals surface area contributed by atoms with Crippen LogP contribution in [0.2, 0.25) is 10.0 Å². The van der Waals surface area contributed by atoms with E-state index in [2.05, 4.69) is 15.6 Å². The maximum absolute atomic E-state index is 12.6. The summed E-state index contributed by atoms with van der Waals surface area (Å²) in [6.07, 6.45) is 0. The lowest BCUT2D eigenvalue weighted by atomic mass is 10.2. The second kappa shape index (κ2) is 9.20. The summed E-state index contributed by atoms with van der Waals surface area (Å²) >= 11 is 12.6. The summed E-state index contributed by atoms with van der Waals surface area (Å²) in [5.41, 5.74) is 2.79. The third-order valence-electron chi connectivity index (χ3n) is 4.65. The molecule has 0 saturated heterocycles. The molecule has 1 heterocycles. The maximum Gasteiger partial charge on any atom is 0.243 e. The van der Waals surface area contributed by atoms with E-state index in [9.17, 15) is 9.59 Å². The molecule has 6 nitrogen and oxygen atoms in total. The zero-order valence-corrected chi connectivity index (χ0v) is 17.8. The van der Waals surface area contributed by atoms with Gasteiger partial charge in [0.2, 0.25) is 11.8 Å². The summed E-state index contributed by atoms with van der Waals surface area (Å²) in [6.45, 7) is -0.176. The van der Waals surface area contributed by atoms with Gasteiger partial charge in [-0.15, -0.1) is 0 Å². The maximum atomic E-state index is 12.6. The number of fused-ring (bicyclic) bond motifs is 1. The molecule has 0 aliphatic carbocycles. The molecule has 1 aromatic heterocycles. The fraction of sp³-hybridized carbons (Fsp3) is 0.0870. The summed E-state index contributed by atoms with van der Waals surface area (Å²) in [6, 6.07) is 21.8. The highest BCUT2D eigenvalue weighted by Gasteiger charge is 2.18. The number of carbonyl (C=O) groups is 2. The summed E-state index contributed by atoms with van der Waals surface area (Å²) in [7, 11) is 0. The number of imidazole rings is 1. The molecule has 0 atom stereocenters. The van der Waals surface area contributed by atoms with Crippen LogP contribution < -0.4 is 10.6 Å². The highest BCUT2D eigenvalue weighted by molar-refractivity contribution is 6.43. The van der Waals surface area contributed by atoms with Crippen LogP contribution in [-0.2, 0) is 16.1 Å². The van der Waals surface area contributed by atoms with Gasteiger partial charge in [-0.25, -0.2) is 4.98 Å². The van der Waals surface area contributed by atoms with Crippen molar-refractivity contribution in [2.24, 2.45) is 0 Å². The van der Waals surface area contributed by atoms with Gasteiger partial charge in [-0.2, -0.15) is 0 Å². The smallest absolute Gasteiger partial charge is 0.243 e. The van der Waals surface area contributed by atoms with Gasteiger partial charge in [0.1, 0.15) is 12.4 Å². The van der Waals surface area contributed by atoms with Crippen molar-refractivity contribution in [3.63, 3.8) is 0 Å². The topological polar surface area (TPSA) is 76.0 Å². The van der Waals surface area contributed by atoms with E-state index in [0.717, 1.165) is 11.0 Å². The minimum Gasteiger partial charge on any atom is -0.345 e. The van der Waals surface area contributed by atoms with Gasteiger partial charge in [0.15, 0.2) is 0 Å². The number of nitrogens with zero attached hydrogens (tertiary/aromatic N) is 2. The van der Waals surface area contributed by atoms with Crippen LogP contribution in [0.4, 0.5) is 5.69 Å². The molecule has 4 aromatic rings. The van der Waals surface area contributed by atoms with Crippen molar-refractivity contribution in [1.82, 2.24) is 14.9 Å². The molecule has 0 unspecified atom stereocenters. The molecule has 3 aromatic carbocycles.